The normalized spacial score (nSPS) is 10.3. The molecule has 0 aromatic heterocycles. The summed E-state index contributed by atoms with van der Waals surface area (Å²) in [5, 5.41) is 0. The van der Waals surface area contributed by atoms with Gasteiger partial charge in [-0.3, -0.25) is 4.79 Å². The number of methoxy groups -OCH3 is 2. The van der Waals surface area contributed by atoms with Gasteiger partial charge < -0.3 is 18.9 Å². The largest absolute Gasteiger partial charge is 0.497 e. The fourth-order valence-corrected chi connectivity index (χ4v) is 3.12. The van der Waals surface area contributed by atoms with Crippen LogP contribution in [0.5, 0.6) is 34.5 Å². The second-order valence-corrected chi connectivity index (χ2v) is 6.94. The van der Waals surface area contributed by atoms with Crippen molar-refractivity contribution in [1.29, 1.82) is 0 Å². The van der Waals surface area contributed by atoms with Crippen molar-refractivity contribution < 1.29 is 23.7 Å². The molecule has 32 heavy (non-hydrogen) atoms. The van der Waals surface area contributed by atoms with Crippen LogP contribution >= 0.6 is 0 Å². The molecule has 0 atom stereocenters. The van der Waals surface area contributed by atoms with Crippen molar-refractivity contribution in [3.05, 3.63) is 108 Å². The minimum Gasteiger partial charge on any atom is -0.497 e. The van der Waals surface area contributed by atoms with Gasteiger partial charge in [0.25, 0.3) is 0 Å². The predicted molar refractivity (Wildman–Crippen MR) is 122 cm³/mol. The first-order valence-electron chi connectivity index (χ1n) is 10.0. The van der Waals surface area contributed by atoms with Crippen LogP contribution in [0.4, 0.5) is 0 Å². The summed E-state index contributed by atoms with van der Waals surface area (Å²) in [4.78, 5) is 12.8. The summed E-state index contributed by atoms with van der Waals surface area (Å²) in [6.45, 7) is 0. The van der Waals surface area contributed by atoms with E-state index < -0.39 is 0 Å². The third kappa shape index (κ3) is 5.08. The van der Waals surface area contributed by atoms with E-state index in [1.807, 2.05) is 36.4 Å². The van der Waals surface area contributed by atoms with E-state index in [1.165, 1.54) is 0 Å². The van der Waals surface area contributed by atoms with Crippen molar-refractivity contribution >= 4 is 5.78 Å². The van der Waals surface area contributed by atoms with E-state index in [4.69, 9.17) is 18.9 Å². The molecule has 160 valence electrons. The minimum atomic E-state index is -0.0779. The van der Waals surface area contributed by atoms with Gasteiger partial charge in [-0.1, -0.05) is 12.1 Å². The first kappa shape index (κ1) is 21.0. The SMILES string of the molecule is COc1cccc(Oc2ccc(C(=O)c3ccc(Oc4cccc(OC)c4)cc3)cc2)c1. The summed E-state index contributed by atoms with van der Waals surface area (Å²) >= 11 is 0. The van der Waals surface area contributed by atoms with E-state index in [-0.39, 0.29) is 5.78 Å². The van der Waals surface area contributed by atoms with Gasteiger partial charge in [0.15, 0.2) is 5.78 Å². The Bertz CT molecular complexity index is 1100. The van der Waals surface area contributed by atoms with Gasteiger partial charge >= 0.3 is 0 Å². The molecular formula is C27H22O5. The quantitative estimate of drug-likeness (QED) is 0.300. The monoisotopic (exact) mass is 426 g/mol. The van der Waals surface area contributed by atoms with Crippen molar-refractivity contribution in [2.75, 3.05) is 14.2 Å². The van der Waals surface area contributed by atoms with E-state index in [0.717, 1.165) is 0 Å². The fraction of sp³-hybridized carbons (Fsp3) is 0.0741. The Hall–Kier alpha value is -4.25. The Kier molecular flexibility index (Phi) is 6.37. The van der Waals surface area contributed by atoms with Gasteiger partial charge in [-0.05, 0) is 72.8 Å². The van der Waals surface area contributed by atoms with Crippen LogP contribution in [0.3, 0.4) is 0 Å². The summed E-state index contributed by atoms with van der Waals surface area (Å²) in [5.41, 5.74) is 1.15. The maximum Gasteiger partial charge on any atom is 0.193 e. The zero-order chi connectivity index (χ0) is 22.3. The van der Waals surface area contributed by atoms with Crippen LogP contribution in [0.2, 0.25) is 0 Å². The van der Waals surface area contributed by atoms with Gasteiger partial charge in [-0.25, -0.2) is 0 Å². The zero-order valence-electron chi connectivity index (χ0n) is 17.8. The van der Waals surface area contributed by atoms with Crippen LogP contribution in [0, 0.1) is 0 Å². The van der Waals surface area contributed by atoms with E-state index in [9.17, 15) is 4.79 Å². The van der Waals surface area contributed by atoms with Gasteiger partial charge in [0.05, 0.1) is 14.2 Å². The van der Waals surface area contributed by atoms with Crippen LogP contribution < -0.4 is 18.9 Å². The van der Waals surface area contributed by atoms with Crippen LogP contribution in [0.1, 0.15) is 15.9 Å². The number of ether oxygens (including phenoxy) is 4. The molecule has 5 heteroatoms. The molecule has 0 amide bonds. The number of carbonyl (C=O) groups excluding carboxylic acids is 1. The Morgan fingerprint density at radius 3 is 1.25 bits per heavy atom. The van der Waals surface area contributed by atoms with E-state index >= 15 is 0 Å². The first-order chi connectivity index (χ1) is 15.6. The lowest BCUT2D eigenvalue weighted by atomic mass is 10.0. The molecule has 0 aliphatic heterocycles. The predicted octanol–water partition coefficient (Wildman–Crippen LogP) is 6.52. The molecule has 0 N–H and O–H groups in total. The Morgan fingerprint density at radius 1 is 0.500 bits per heavy atom. The summed E-state index contributed by atoms with van der Waals surface area (Å²) < 4.78 is 22.1. The Morgan fingerprint density at radius 2 is 0.875 bits per heavy atom. The Balaban J connectivity index is 1.42. The first-order valence-corrected chi connectivity index (χ1v) is 10.0. The number of carbonyl (C=O) groups is 1. The number of hydrogen-bond donors (Lipinski definition) is 0. The number of hydrogen-bond acceptors (Lipinski definition) is 5. The lowest BCUT2D eigenvalue weighted by molar-refractivity contribution is 0.103. The zero-order valence-corrected chi connectivity index (χ0v) is 17.8. The van der Waals surface area contributed by atoms with E-state index in [1.54, 1.807) is 74.9 Å². The van der Waals surface area contributed by atoms with E-state index in [0.29, 0.717) is 45.6 Å². The van der Waals surface area contributed by atoms with Gasteiger partial charge in [0.1, 0.15) is 34.5 Å². The molecule has 4 aromatic rings. The molecule has 0 bridgehead atoms. The molecule has 0 saturated heterocycles. The smallest absolute Gasteiger partial charge is 0.193 e. The molecule has 0 heterocycles. The molecule has 0 spiro atoms. The van der Waals surface area contributed by atoms with Crippen LogP contribution in [0.15, 0.2) is 97.1 Å². The van der Waals surface area contributed by atoms with Crippen molar-refractivity contribution in [2.45, 2.75) is 0 Å². The third-order valence-electron chi connectivity index (χ3n) is 4.79. The average molecular weight is 426 g/mol. The fourth-order valence-electron chi connectivity index (χ4n) is 3.12. The highest BCUT2D eigenvalue weighted by Crippen LogP contribution is 2.27. The highest BCUT2D eigenvalue weighted by Gasteiger charge is 2.10. The molecule has 0 unspecified atom stereocenters. The van der Waals surface area contributed by atoms with Gasteiger partial charge in [-0.2, -0.15) is 0 Å². The number of benzene rings is 4. The summed E-state index contributed by atoms with van der Waals surface area (Å²) in [7, 11) is 3.22. The van der Waals surface area contributed by atoms with Crippen molar-refractivity contribution in [1.82, 2.24) is 0 Å². The van der Waals surface area contributed by atoms with Crippen molar-refractivity contribution in [3.8, 4) is 34.5 Å². The summed E-state index contributed by atoms with van der Waals surface area (Å²) in [6, 6.07) is 28.8. The van der Waals surface area contributed by atoms with E-state index in [2.05, 4.69) is 0 Å². The maximum atomic E-state index is 12.8. The second-order valence-electron chi connectivity index (χ2n) is 6.94. The average Bonchev–Trinajstić information content (AvgIpc) is 2.85. The lowest BCUT2D eigenvalue weighted by Gasteiger charge is -2.09. The number of rotatable bonds is 8. The standard InChI is InChI=1S/C27H22O5/c1-29-23-5-3-7-25(17-23)31-21-13-9-19(10-14-21)27(28)20-11-15-22(16-12-20)32-26-8-4-6-24(18-26)30-2/h3-18H,1-2H3. The van der Waals surface area contributed by atoms with Gasteiger partial charge in [-0.15, -0.1) is 0 Å². The van der Waals surface area contributed by atoms with Gasteiger partial charge in [0.2, 0.25) is 0 Å². The maximum absolute atomic E-state index is 12.8. The molecule has 0 aliphatic carbocycles. The van der Waals surface area contributed by atoms with Crippen molar-refractivity contribution in [2.24, 2.45) is 0 Å². The van der Waals surface area contributed by atoms with Gasteiger partial charge in [0, 0.05) is 23.3 Å². The van der Waals surface area contributed by atoms with Crippen molar-refractivity contribution in [3.63, 3.8) is 0 Å². The van der Waals surface area contributed by atoms with Crippen LogP contribution in [0.25, 0.3) is 0 Å². The molecular weight excluding hydrogens is 404 g/mol. The Labute approximate surface area is 186 Å². The van der Waals surface area contributed by atoms with Crippen LogP contribution in [-0.2, 0) is 0 Å². The topological polar surface area (TPSA) is 54.0 Å². The summed E-state index contributed by atoms with van der Waals surface area (Å²) in [5.74, 6) is 3.95. The lowest BCUT2D eigenvalue weighted by Crippen LogP contribution is -2.01. The molecule has 4 rings (SSSR count). The molecule has 4 aromatic carbocycles. The van der Waals surface area contributed by atoms with Crippen LogP contribution in [-0.4, -0.2) is 20.0 Å². The third-order valence-corrected chi connectivity index (χ3v) is 4.79. The molecule has 0 fully saturated rings. The number of ketones is 1. The minimum absolute atomic E-state index is 0.0779. The highest BCUT2D eigenvalue weighted by molar-refractivity contribution is 6.09. The summed E-state index contributed by atoms with van der Waals surface area (Å²) in [6.07, 6.45) is 0. The molecule has 0 saturated carbocycles. The second kappa shape index (κ2) is 9.71. The molecule has 5 nitrogen and oxygen atoms in total. The molecule has 0 aliphatic rings. The molecule has 0 radical (unpaired) electrons. The highest BCUT2D eigenvalue weighted by atomic mass is 16.5.